The molecule has 3 aromatic rings. The molecule has 4 rings (SSSR count). The smallest absolute Gasteiger partial charge is 0.235 e. The maximum atomic E-state index is 12.4. The van der Waals surface area contributed by atoms with Gasteiger partial charge in [0.15, 0.2) is 5.82 Å². The van der Waals surface area contributed by atoms with Crippen LogP contribution >= 0.6 is 11.8 Å². The number of aryl methyl sites for hydroxylation is 1. The van der Waals surface area contributed by atoms with E-state index in [1.165, 1.54) is 11.1 Å². The summed E-state index contributed by atoms with van der Waals surface area (Å²) >= 11 is 1.64. The molecule has 138 valence electrons. The maximum Gasteiger partial charge on any atom is 0.235 e. The van der Waals surface area contributed by atoms with Gasteiger partial charge in [0, 0.05) is 11.8 Å². The number of carbonyl (C=O) groups excluding carboxylic acids is 1. The topological polar surface area (TPSA) is 59.8 Å². The van der Waals surface area contributed by atoms with E-state index >= 15 is 0 Å². The SMILES string of the molecule is Cc1nn(-c2ccccn2)c2c1C(c1ccc(C(C)C)cc1)SCC(=O)N2. The van der Waals surface area contributed by atoms with Crippen LogP contribution in [0.15, 0.2) is 48.7 Å². The van der Waals surface area contributed by atoms with Crippen molar-refractivity contribution in [3.05, 3.63) is 71.0 Å². The Morgan fingerprint density at radius 1 is 1.19 bits per heavy atom. The molecule has 0 fully saturated rings. The molecule has 1 aliphatic rings. The molecule has 0 aliphatic carbocycles. The molecule has 1 N–H and O–H groups in total. The summed E-state index contributed by atoms with van der Waals surface area (Å²) in [5, 5.41) is 7.78. The molecule has 0 bridgehead atoms. The Balaban J connectivity index is 1.83. The Bertz CT molecular complexity index is 964. The lowest BCUT2D eigenvalue weighted by Crippen LogP contribution is -2.16. The average molecular weight is 379 g/mol. The van der Waals surface area contributed by atoms with Crippen molar-refractivity contribution in [3.63, 3.8) is 0 Å². The third kappa shape index (κ3) is 3.37. The zero-order valence-corrected chi connectivity index (χ0v) is 16.5. The average Bonchev–Trinajstić information content (AvgIpc) is 2.88. The van der Waals surface area contributed by atoms with Crippen LogP contribution in [-0.4, -0.2) is 26.4 Å². The molecule has 0 saturated carbocycles. The molecule has 6 heteroatoms. The van der Waals surface area contributed by atoms with Crippen LogP contribution in [0.2, 0.25) is 0 Å². The molecule has 27 heavy (non-hydrogen) atoms. The summed E-state index contributed by atoms with van der Waals surface area (Å²) in [5.74, 6) is 2.31. The molecule has 2 aromatic heterocycles. The van der Waals surface area contributed by atoms with Crippen LogP contribution in [0.5, 0.6) is 0 Å². The molecule has 0 radical (unpaired) electrons. The van der Waals surface area contributed by atoms with Crippen LogP contribution < -0.4 is 5.32 Å². The van der Waals surface area contributed by atoms with Gasteiger partial charge in [-0.15, -0.1) is 11.8 Å². The predicted molar refractivity (Wildman–Crippen MR) is 110 cm³/mol. The van der Waals surface area contributed by atoms with Crippen molar-refractivity contribution in [2.24, 2.45) is 0 Å². The van der Waals surface area contributed by atoms with Crippen LogP contribution in [0.25, 0.3) is 5.82 Å². The van der Waals surface area contributed by atoms with E-state index in [4.69, 9.17) is 0 Å². The van der Waals surface area contributed by atoms with E-state index in [-0.39, 0.29) is 11.2 Å². The highest BCUT2D eigenvalue weighted by Gasteiger charge is 2.30. The van der Waals surface area contributed by atoms with Crippen molar-refractivity contribution >= 4 is 23.5 Å². The summed E-state index contributed by atoms with van der Waals surface area (Å²) in [7, 11) is 0. The third-order valence-electron chi connectivity index (χ3n) is 4.78. The van der Waals surface area contributed by atoms with E-state index in [0.717, 1.165) is 17.1 Å². The van der Waals surface area contributed by atoms with Gasteiger partial charge in [-0.3, -0.25) is 4.79 Å². The highest BCUT2D eigenvalue weighted by atomic mass is 32.2. The Morgan fingerprint density at radius 3 is 2.63 bits per heavy atom. The molecule has 0 spiro atoms. The van der Waals surface area contributed by atoms with Crippen molar-refractivity contribution in [3.8, 4) is 5.82 Å². The molecule has 1 atom stereocenters. The summed E-state index contributed by atoms with van der Waals surface area (Å²) in [6, 6.07) is 14.4. The number of nitrogens with one attached hydrogen (secondary N) is 1. The van der Waals surface area contributed by atoms with Gasteiger partial charge >= 0.3 is 0 Å². The lowest BCUT2D eigenvalue weighted by Gasteiger charge is -2.16. The number of hydrogen-bond donors (Lipinski definition) is 1. The van der Waals surface area contributed by atoms with Gasteiger partial charge in [-0.1, -0.05) is 44.2 Å². The molecule has 0 saturated heterocycles. The van der Waals surface area contributed by atoms with Gasteiger partial charge in [0.05, 0.1) is 16.7 Å². The van der Waals surface area contributed by atoms with Crippen molar-refractivity contribution in [1.29, 1.82) is 0 Å². The zero-order valence-electron chi connectivity index (χ0n) is 15.6. The minimum Gasteiger partial charge on any atom is -0.310 e. The highest BCUT2D eigenvalue weighted by Crippen LogP contribution is 2.43. The van der Waals surface area contributed by atoms with E-state index in [9.17, 15) is 4.79 Å². The van der Waals surface area contributed by atoms with Crippen molar-refractivity contribution in [2.45, 2.75) is 31.9 Å². The van der Waals surface area contributed by atoms with Crippen molar-refractivity contribution < 1.29 is 4.79 Å². The number of benzene rings is 1. The Kier molecular flexibility index (Phi) is 4.74. The quantitative estimate of drug-likeness (QED) is 0.730. The van der Waals surface area contributed by atoms with Gasteiger partial charge in [0.2, 0.25) is 5.91 Å². The van der Waals surface area contributed by atoms with Gasteiger partial charge in [-0.2, -0.15) is 9.78 Å². The van der Waals surface area contributed by atoms with E-state index in [1.54, 1.807) is 22.6 Å². The number of fused-ring (bicyclic) bond motifs is 1. The van der Waals surface area contributed by atoms with Crippen LogP contribution in [-0.2, 0) is 4.79 Å². The van der Waals surface area contributed by atoms with Gasteiger partial charge in [-0.05, 0) is 36.1 Å². The molecule has 1 amide bonds. The maximum absolute atomic E-state index is 12.4. The second-order valence-electron chi connectivity index (χ2n) is 7.01. The van der Waals surface area contributed by atoms with Crippen LogP contribution in [0.4, 0.5) is 5.82 Å². The zero-order chi connectivity index (χ0) is 19.0. The lowest BCUT2D eigenvalue weighted by molar-refractivity contribution is -0.113. The van der Waals surface area contributed by atoms with Crippen molar-refractivity contribution in [2.75, 3.05) is 11.1 Å². The van der Waals surface area contributed by atoms with E-state index in [0.29, 0.717) is 17.5 Å². The largest absolute Gasteiger partial charge is 0.310 e. The molecule has 1 aliphatic heterocycles. The standard InChI is InChI=1S/C21H22N4OS/c1-13(2)15-7-9-16(10-8-15)20-19-14(3)24-25(17-6-4-5-11-22-17)21(19)23-18(26)12-27-20/h4-11,13,20H,12H2,1-3H3,(H,23,26). The first-order valence-corrected chi connectivity index (χ1v) is 10.1. The minimum absolute atomic E-state index is 0.0142. The Morgan fingerprint density at radius 2 is 1.96 bits per heavy atom. The first-order valence-electron chi connectivity index (χ1n) is 9.07. The number of hydrogen-bond acceptors (Lipinski definition) is 4. The normalized spacial score (nSPS) is 16.7. The number of thioether (sulfide) groups is 1. The number of aromatic nitrogens is 3. The number of carbonyl (C=O) groups is 1. The first kappa shape index (κ1) is 17.8. The first-order chi connectivity index (χ1) is 13.0. The van der Waals surface area contributed by atoms with E-state index < -0.39 is 0 Å². The second-order valence-corrected chi connectivity index (χ2v) is 8.10. The summed E-state index contributed by atoms with van der Waals surface area (Å²) in [6.45, 7) is 6.38. The molecule has 5 nitrogen and oxygen atoms in total. The fourth-order valence-corrected chi connectivity index (χ4v) is 4.54. The third-order valence-corrected chi connectivity index (χ3v) is 6.05. The summed E-state index contributed by atoms with van der Waals surface area (Å²) in [6.07, 6.45) is 1.73. The Hall–Kier alpha value is -2.60. The fraction of sp³-hybridized carbons (Fsp3) is 0.286. The minimum atomic E-state index is -0.0142. The van der Waals surface area contributed by atoms with E-state index in [2.05, 4.69) is 53.5 Å². The second kappa shape index (κ2) is 7.19. The molecule has 1 aromatic carbocycles. The lowest BCUT2D eigenvalue weighted by atomic mass is 9.98. The van der Waals surface area contributed by atoms with Gasteiger partial charge in [0.1, 0.15) is 5.82 Å². The predicted octanol–water partition coefficient (Wildman–Crippen LogP) is 4.47. The van der Waals surface area contributed by atoms with E-state index in [1.807, 2.05) is 25.1 Å². The van der Waals surface area contributed by atoms with Crippen LogP contribution in [0.1, 0.15) is 47.4 Å². The number of pyridine rings is 1. The fourth-order valence-electron chi connectivity index (χ4n) is 3.35. The molecule has 3 heterocycles. The Labute approximate surface area is 163 Å². The summed E-state index contributed by atoms with van der Waals surface area (Å²) < 4.78 is 1.74. The van der Waals surface area contributed by atoms with Crippen LogP contribution in [0.3, 0.4) is 0 Å². The summed E-state index contributed by atoms with van der Waals surface area (Å²) in [5.41, 5.74) is 4.45. The summed E-state index contributed by atoms with van der Waals surface area (Å²) in [4.78, 5) is 16.8. The number of anilines is 1. The van der Waals surface area contributed by atoms with Gasteiger partial charge < -0.3 is 5.32 Å². The molecular weight excluding hydrogens is 356 g/mol. The van der Waals surface area contributed by atoms with Crippen LogP contribution in [0, 0.1) is 6.92 Å². The molecular formula is C21H22N4OS. The monoisotopic (exact) mass is 378 g/mol. The molecule has 1 unspecified atom stereocenters. The van der Waals surface area contributed by atoms with Gasteiger partial charge in [0.25, 0.3) is 0 Å². The highest BCUT2D eigenvalue weighted by molar-refractivity contribution is 8.00. The number of nitrogens with zero attached hydrogens (tertiary/aromatic N) is 3. The number of rotatable bonds is 3. The van der Waals surface area contributed by atoms with Crippen molar-refractivity contribution in [1.82, 2.24) is 14.8 Å². The number of amides is 1. The van der Waals surface area contributed by atoms with Gasteiger partial charge in [-0.25, -0.2) is 4.98 Å².